The number of benzene rings is 2. The number of anilines is 3. The van der Waals surface area contributed by atoms with E-state index in [0.29, 0.717) is 5.69 Å². The van der Waals surface area contributed by atoms with Gasteiger partial charge in [0.2, 0.25) is 0 Å². The molecular formula is C13H10Br2FN3O. The third kappa shape index (κ3) is 2.94. The molecule has 7 heteroatoms. The Bertz CT molecular complexity index is 671. The Kier molecular flexibility index (Phi) is 4.29. The van der Waals surface area contributed by atoms with Gasteiger partial charge in [0, 0.05) is 14.6 Å². The van der Waals surface area contributed by atoms with Crippen LogP contribution in [0.2, 0.25) is 0 Å². The van der Waals surface area contributed by atoms with Gasteiger partial charge in [0.05, 0.1) is 16.9 Å². The topological polar surface area (TPSA) is 81.1 Å². The van der Waals surface area contributed by atoms with E-state index in [-0.39, 0.29) is 16.9 Å². The first kappa shape index (κ1) is 14.8. The number of nitrogens with two attached hydrogens (primary N) is 2. The zero-order valence-corrected chi connectivity index (χ0v) is 13.3. The summed E-state index contributed by atoms with van der Waals surface area (Å²) < 4.78 is 15.4. The highest BCUT2D eigenvalue weighted by atomic mass is 79.9. The van der Waals surface area contributed by atoms with Gasteiger partial charge in [-0.25, -0.2) is 4.39 Å². The van der Waals surface area contributed by atoms with Crippen LogP contribution in [0.3, 0.4) is 0 Å². The summed E-state index contributed by atoms with van der Waals surface area (Å²) in [5.41, 5.74) is 11.6. The van der Waals surface area contributed by atoms with Crippen LogP contribution in [0.1, 0.15) is 10.4 Å². The first-order chi connectivity index (χ1) is 9.40. The van der Waals surface area contributed by atoms with Crippen LogP contribution in [0, 0.1) is 5.82 Å². The zero-order valence-electron chi connectivity index (χ0n) is 10.1. The molecule has 2 aromatic rings. The zero-order chi connectivity index (χ0) is 14.9. The fourth-order valence-corrected chi connectivity index (χ4v) is 2.85. The molecule has 104 valence electrons. The summed E-state index contributed by atoms with van der Waals surface area (Å²) in [7, 11) is 0. The van der Waals surface area contributed by atoms with E-state index in [1.54, 1.807) is 12.1 Å². The molecule has 0 unspecified atom stereocenters. The number of hydrogen-bond donors (Lipinski definition) is 3. The minimum absolute atomic E-state index is 0.00624. The monoisotopic (exact) mass is 401 g/mol. The first-order valence-electron chi connectivity index (χ1n) is 5.50. The summed E-state index contributed by atoms with van der Waals surface area (Å²) in [6.07, 6.45) is 0. The number of nitrogens with one attached hydrogen (secondary N) is 1. The van der Waals surface area contributed by atoms with Crippen LogP contribution in [0.25, 0.3) is 0 Å². The molecule has 0 heterocycles. The van der Waals surface area contributed by atoms with Gasteiger partial charge >= 0.3 is 0 Å². The van der Waals surface area contributed by atoms with Gasteiger partial charge in [-0.3, -0.25) is 4.79 Å². The molecule has 2 rings (SSSR count). The predicted octanol–water partition coefficient (Wildman–Crippen LogP) is 3.78. The van der Waals surface area contributed by atoms with Crippen LogP contribution in [-0.2, 0) is 0 Å². The van der Waals surface area contributed by atoms with Gasteiger partial charge in [0.15, 0.2) is 0 Å². The molecular weight excluding hydrogens is 393 g/mol. The number of carbonyl (C=O) groups is 1. The van der Waals surface area contributed by atoms with Crippen molar-refractivity contribution >= 4 is 54.8 Å². The third-order valence-corrected chi connectivity index (χ3v) is 3.95. The molecule has 5 N–H and O–H groups in total. The maximum absolute atomic E-state index is 13.9. The number of para-hydroxylation sites is 1. The minimum Gasteiger partial charge on any atom is -0.398 e. The number of hydrogen-bond acceptors (Lipinski definition) is 3. The number of rotatable bonds is 3. The van der Waals surface area contributed by atoms with Crippen LogP contribution in [0.4, 0.5) is 21.5 Å². The molecule has 0 aliphatic heterocycles. The molecule has 0 aliphatic carbocycles. The van der Waals surface area contributed by atoms with Crippen LogP contribution in [0.5, 0.6) is 0 Å². The number of amides is 1. The Labute approximate surface area is 131 Å². The summed E-state index contributed by atoms with van der Waals surface area (Å²) in [6.45, 7) is 0. The van der Waals surface area contributed by atoms with E-state index in [1.807, 2.05) is 6.07 Å². The lowest BCUT2D eigenvalue weighted by Crippen LogP contribution is -2.14. The van der Waals surface area contributed by atoms with Crippen molar-refractivity contribution in [1.82, 2.24) is 0 Å². The number of carbonyl (C=O) groups excluding carboxylic acids is 1. The van der Waals surface area contributed by atoms with Crippen molar-refractivity contribution in [2.24, 2.45) is 5.73 Å². The molecule has 0 radical (unpaired) electrons. The fourth-order valence-electron chi connectivity index (χ4n) is 1.65. The molecule has 4 nitrogen and oxygen atoms in total. The van der Waals surface area contributed by atoms with Crippen LogP contribution >= 0.6 is 31.9 Å². The van der Waals surface area contributed by atoms with E-state index in [0.717, 1.165) is 15.0 Å². The lowest BCUT2D eigenvalue weighted by Gasteiger charge is -2.13. The largest absolute Gasteiger partial charge is 0.398 e. The summed E-state index contributed by atoms with van der Waals surface area (Å²) >= 11 is 6.72. The van der Waals surface area contributed by atoms with Gasteiger partial charge in [0.1, 0.15) is 5.82 Å². The number of primary amides is 1. The summed E-state index contributed by atoms with van der Waals surface area (Å²) in [5, 5.41) is 2.90. The quantitative estimate of drug-likeness (QED) is 0.683. The second-order valence-corrected chi connectivity index (χ2v) is 5.71. The van der Waals surface area contributed by atoms with E-state index < -0.39 is 11.7 Å². The molecule has 2 aromatic carbocycles. The van der Waals surface area contributed by atoms with Crippen molar-refractivity contribution in [3.05, 3.63) is 50.7 Å². The molecule has 20 heavy (non-hydrogen) atoms. The van der Waals surface area contributed by atoms with Gasteiger partial charge in [-0.2, -0.15) is 0 Å². The predicted molar refractivity (Wildman–Crippen MR) is 84.5 cm³/mol. The van der Waals surface area contributed by atoms with E-state index in [9.17, 15) is 9.18 Å². The summed E-state index contributed by atoms with van der Waals surface area (Å²) in [5.74, 6) is -1.29. The summed E-state index contributed by atoms with van der Waals surface area (Å²) in [4.78, 5) is 11.2. The van der Waals surface area contributed by atoms with E-state index >= 15 is 0 Å². The molecule has 0 atom stereocenters. The maximum Gasteiger partial charge on any atom is 0.250 e. The Morgan fingerprint density at radius 3 is 2.35 bits per heavy atom. The highest BCUT2D eigenvalue weighted by molar-refractivity contribution is 9.11. The third-order valence-electron chi connectivity index (χ3n) is 2.63. The molecule has 0 spiro atoms. The molecule has 1 amide bonds. The minimum atomic E-state index is -0.711. The Morgan fingerprint density at radius 1 is 1.20 bits per heavy atom. The van der Waals surface area contributed by atoms with Crippen molar-refractivity contribution in [3.8, 4) is 0 Å². The average molecular weight is 403 g/mol. The van der Waals surface area contributed by atoms with Gasteiger partial charge < -0.3 is 16.8 Å². The van der Waals surface area contributed by atoms with Gasteiger partial charge in [-0.1, -0.05) is 6.07 Å². The maximum atomic E-state index is 13.9. The van der Waals surface area contributed by atoms with Gasteiger partial charge in [-0.05, 0) is 56.1 Å². The van der Waals surface area contributed by atoms with Gasteiger partial charge in [-0.15, -0.1) is 0 Å². The van der Waals surface area contributed by atoms with Crippen LogP contribution in [0.15, 0.2) is 39.3 Å². The Balaban J connectivity index is 2.49. The van der Waals surface area contributed by atoms with Crippen LogP contribution < -0.4 is 16.8 Å². The molecule has 0 saturated heterocycles. The highest BCUT2D eigenvalue weighted by Crippen LogP contribution is 2.34. The van der Waals surface area contributed by atoms with Gasteiger partial charge in [0.25, 0.3) is 5.91 Å². The molecule has 0 aromatic heterocycles. The number of nitrogen functional groups attached to an aromatic ring is 1. The Morgan fingerprint density at radius 2 is 1.80 bits per heavy atom. The van der Waals surface area contributed by atoms with Crippen molar-refractivity contribution in [3.63, 3.8) is 0 Å². The lowest BCUT2D eigenvalue weighted by molar-refractivity contribution is 0.100. The first-order valence-corrected chi connectivity index (χ1v) is 7.08. The fraction of sp³-hybridized carbons (Fsp3) is 0. The standard InChI is InChI=1S/C13H10Br2FN3O/c14-7-2-1-3-8(15)12(7)19-11-4-6(13(18)20)10(17)5-9(11)16/h1-5,19H,17H2,(H2,18,20). The molecule has 0 fully saturated rings. The van der Waals surface area contributed by atoms with Crippen LogP contribution in [-0.4, -0.2) is 5.91 Å². The Hall–Kier alpha value is -1.60. The van der Waals surface area contributed by atoms with Crippen molar-refractivity contribution in [2.75, 3.05) is 11.1 Å². The van der Waals surface area contributed by atoms with Crippen molar-refractivity contribution in [2.45, 2.75) is 0 Å². The van der Waals surface area contributed by atoms with E-state index in [4.69, 9.17) is 11.5 Å². The highest BCUT2D eigenvalue weighted by Gasteiger charge is 2.14. The second kappa shape index (κ2) is 5.80. The van der Waals surface area contributed by atoms with E-state index in [1.165, 1.54) is 6.07 Å². The summed E-state index contributed by atoms with van der Waals surface area (Å²) in [6, 6.07) is 7.79. The van der Waals surface area contributed by atoms with E-state index in [2.05, 4.69) is 37.2 Å². The average Bonchev–Trinajstić information content (AvgIpc) is 2.35. The van der Waals surface area contributed by atoms with Crippen molar-refractivity contribution < 1.29 is 9.18 Å². The molecule has 0 bridgehead atoms. The smallest absolute Gasteiger partial charge is 0.250 e. The number of halogens is 3. The van der Waals surface area contributed by atoms with Crippen molar-refractivity contribution in [1.29, 1.82) is 0 Å². The second-order valence-electron chi connectivity index (χ2n) is 4.01. The SMILES string of the molecule is NC(=O)c1cc(Nc2c(Br)cccc2Br)c(F)cc1N. The normalized spacial score (nSPS) is 10.3. The lowest BCUT2D eigenvalue weighted by atomic mass is 10.1. The molecule has 0 saturated carbocycles. The molecule has 0 aliphatic rings.